The maximum absolute atomic E-state index is 3.60. The first kappa shape index (κ1) is 21.4. The van der Waals surface area contributed by atoms with Gasteiger partial charge in [-0.1, -0.05) is 65.0 Å². The van der Waals surface area contributed by atoms with Crippen molar-refractivity contribution in [3.63, 3.8) is 0 Å². The molecule has 0 aromatic heterocycles. The third-order valence-corrected chi connectivity index (χ3v) is 6.19. The summed E-state index contributed by atoms with van der Waals surface area (Å²) in [5.74, 6) is 1.77. The van der Waals surface area contributed by atoms with Crippen LogP contribution in [0.15, 0.2) is 30.3 Å². The van der Waals surface area contributed by atoms with Gasteiger partial charge in [-0.25, -0.2) is 0 Å². The molecule has 1 aliphatic carbocycles. The topological polar surface area (TPSA) is 24.1 Å². The molecule has 1 saturated carbocycles. The lowest BCUT2D eigenvalue weighted by Gasteiger charge is -2.45. The molecule has 1 aliphatic rings. The molecule has 0 spiro atoms. The van der Waals surface area contributed by atoms with Crippen LogP contribution in [-0.4, -0.2) is 20.1 Å². The smallest absolute Gasteiger partial charge is 0.0322 e. The molecule has 0 saturated heterocycles. The second-order valence-corrected chi connectivity index (χ2v) is 10.6. The first-order chi connectivity index (χ1) is 12.1. The van der Waals surface area contributed by atoms with Gasteiger partial charge in [-0.05, 0) is 74.4 Å². The molecular formula is C24H42N2. The fourth-order valence-electron chi connectivity index (χ4n) is 4.94. The molecule has 0 aliphatic heterocycles. The zero-order valence-corrected chi connectivity index (χ0v) is 18.2. The van der Waals surface area contributed by atoms with Crippen LogP contribution in [0.25, 0.3) is 0 Å². The van der Waals surface area contributed by atoms with Gasteiger partial charge < -0.3 is 10.6 Å². The number of hydrogen-bond acceptors (Lipinski definition) is 2. The molecule has 1 aromatic carbocycles. The average Bonchev–Trinajstić information content (AvgIpc) is 2.53. The Morgan fingerprint density at radius 2 is 1.54 bits per heavy atom. The molecule has 148 valence electrons. The second-order valence-electron chi connectivity index (χ2n) is 10.6. The van der Waals surface area contributed by atoms with Crippen molar-refractivity contribution in [1.82, 2.24) is 10.6 Å². The Morgan fingerprint density at radius 3 is 2.04 bits per heavy atom. The molecule has 0 amide bonds. The minimum atomic E-state index is 0.373. The third-order valence-electron chi connectivity index (χ3n) is 6.19. The zero-order chi connectivity index (χ0) is 19.4. The highest BCUT2D eigenvalue weighted by molar-refractivity contribution is 5.19. The highest BCUT2D eigenvalue weighted by Crippen LogP contribution is 2.46. The van der Waals surface area contributed by atoms with E-state index in [9.17, 15) is 0 Å². The van der Waals surface area contributed by atoms with Gasteiger partial charge in [0.15, 0.2) is 0 Å². The second kappa shape index (κ2) is 8.89. The lowest BCUT2D eigenvalue weighted by molar-refractivity contribution is 0.0779. The maximum Gasteiger partial charge on any atom is 0.0322 e. The van der Waals surface area contributed by atoms with Crippen LogP contribution in [0, 0.1) is 22.7 Å². The van der Waals surface area contributed by atoms with Crippen LogP contribution in [0.5, 0.6) is 0 Å². The van der Waals surface area contributed by atoms with Crippen LogP contribution in [0.2, 0.25) is 0 Å². The molecule has 26 heavy (non-hydrogen) atoms. The molecular weight excluding hydrogens is 316 g/mol. The summed E-state index contributed by atoms with van der Waals surface area (Å²) < 4.78 is 0. The molecule has 2 nitrogen and oxygen atoms in total. The largest absolute Gasteiger partial charge is 0.317 e. The first-order valence-electron chi connectivity index (χ1n) is 10.5. The molecule has 2 heteroatoms. The van der Waals surface area contributed by atoms with E-state index in [2.05, 4.69) is 89.7 Å². The van der Waals surface area contributed by atoms with Crippen LogP contribution >= 0.6 is 0 Å². The van der Waals surface area contributed by atoms with Crippen molar-refractivity contribution >= 4 is 0 Å². The van der Waals surface area contributed by atoms with Gasteiger partial charge in [0.05, 0.1) is 0 Å². The molecule has 1 aromatic rings. The van der Waals surface area contributed by atoms with E-state index < -0.39 is 0 Å². The van der Waals surface area contributed by atoms with Crippen LogP contribution in [0.4, 0.5) is 0 Å². The standard InChI is InChI=1S/C24H42N2/c1-23(2,3)16-21(25-6)20-13-18(14-20)15-24(4,5)17-22(26-7)19-11-9-8-10-12-19/h8-12,18,20-22,25-26H,13-17H2,1-7H3. The summed E-state index contributed by atoms with van der Waals surface area (Å²) in [7, 11) is 4.24. The Morgan fingerprint density at radius 1 is 0.923 bits per heavy atom. The Hall–Kier alpha value is -0.860. The van der Waals surface area contributed by atoms with Crippen molar-refractivity contribution < 1.29 is 0 Å². The SMILES string of the molecule is CNC(CC(C)(C)CC1CC(C(CC(C)(C)C)NC)C1)c1ccccc1. The number of rotatable bonds is 9. The normalized spacial score (nSPS) is 23.3. The van der Waals surface area contributed by atoms with Crippen LogP contribution < -0.4 is 10.6 Å². The highest BCUT2D eigenvalue weighted by Gasteiger charge is 2.38. The lowest BCUT2D eigenvalue weighted by atomic mass is 9.63. The predicted octanol–water partition coefficient (Wildman–Crippen LogP) is 5.80. The summed E-state index contributed by atoms with van der Waals surface area (Å²) in [6.45, 7) is 12.0. The summed E-state index contributed by atoms with van der Waals surface area (Å²) in [4.78, 5) is 0. The Balaban J connectivity index is 1.85. The Kier molecular flexibility index (Phi) is 7.33. The summed E-state index contributed by atoms with van der Waals surface area (Å²) in [5, 5.41) is 7.13. The average molecular weight is 359 g/mol. The van der Waals surface area contributed by atoms with Gasteiger partial charge >= 0.3 is 0 Å². The maximum atomic E-state index is 3.60. The van der Waals surface area contributed by atoms with Crippen molar-refractivity contribution in [1.29, 1.82) is 0 Å². The van der Waals surface area contributed by atoms with E-state index in [4.69, 9.17) is 0 Å². The predicted molar refractivity (Wildman–Crippen MR) is 114 cm³/mol. The lowest BCUT2D eigenvalue weighted by Crippen LogP contribution is -2.44. The molecule has 2 rings (SSSR count). The van der Waals surface area contributed by atoms with Crippen LogP contribution in [0.3, 0.4) is 0 Å². The van der Waals surface area contributed by atoms with Gasteiger partial charge in [0.1, 0.15) is 0 Å². The van der Waals surface area contributed by atoms with Crippen molar-refractivity contribution in [2.24, 2.45) is 22.7 Å². The van der Waals surface area contributed by atoms with Crippen LogP contribution in [-0.2, 0) is 0 Å². The van der Waals surface area contributed by atoms with E-state index in [0.717, 1.165) is 11.8 Å². The third kappa shape index (κ3) is 6.39. The van der Waals surface area contributed by atoms with Crippen molar-refractivity contribution in [2.45, 2.75) is 78.8 Å². The fourth-order valence-corrected chi connectivity index (χ4v) is 4.94. The summed E-state index contributed by atoms with van der Waals surface area (Å²) in [5.41, 5.74) is 2.20. The fraction of sp³-hybridized carbons (Fsp3) is 0.750. The summed E-state index contributed by atoms with van der Waals surface area (Å²) in [6, 6.07) is 12.0. The van der Waals surface area contributed by atoms with E-state index in [0.29, 0.717) is 22.9 Å². The van der Waals surface area contributed by atoms with Crippen LogP contribution in [0.1, 0.15) is 78.3 Å². The van der Waals surface area contributed by atoms with E-state index in [-0.39, 0.29) is 0 Å². The van der Waals surface area contributed by atoms with Gasteiger partial charge in [-0.3, -0.25) is 0 Å². The summed E-state index contributed by atoms with van der Waals surface area (Å²) in [6.07, 6.45) is 6.63. The molecule has 2 N–H and O–H groups in total. The van der Waals surface area contributed by atoms with Gasteiger partial charge in [-0.15, -0.1) is 0 Å². The monoisotopic (exact) mass is 358 g/mol. The van der Waals surface area contributed by atoms with E-state index in [1.807, 2.05) is 0 Å². The zero-order valence-electron chi connectivity index (χ0n) is 18.2. The van der Waals surface area contributed by atoms with Gasteiger partial charge in [0.2, 0.25) is 0 Å². The quantitative estimate of drug-likeness (QED) is 0.582. The van der Waals surface area contributed by atoms with Crippen molar-refractivity contribution in [3.05, 3.63) is 35.9 Å². The first-order valence-corrected chi connectivity index (χ1v) is 10.5. The number of hydrogen-bond donors (Lipinski definition) is 2. The Bertz CT molecular complexity index is 523. The molecule has 0 heterocycles. The van der Waals surface area contributed by atoms with Gasteiger partial charge in [0, 0.05) is 12.1 Å². The molecule has 2 atom stereocenters. The molecule has 0 bridgehead atoms. The minimum absolute atomic E-state index is 0.373. The molecule has 1 fully saturated rings. The Labute approximate surface area is 162 Å². The highest BCUT2D eigenvalue weighted by atomic mass is 14.9. The van der Waals surface area contributed by atoms with Crippen molar-refractivity contribution in [2.75, 3.05) is 14.1 Å². The van der Waals surface area contributed by atoms with Gasteiger partial charge in [-0.2, -0.15) is 0 Å². The number of benzene rings is 1. The van der Waals surface area contributed by atoms with Crippen molar-refractivity contribution in [3.8, 4) is 0 Å². The molecule has 0 radical (unpaired) electrons. The van der Waals surface area contributed by atoms with E-state index >= 15 is 0 Å². The number of nitrogens with one attached hydrogen (secondary N) is 2. The van der Waals surface area contributed by atoms with Gasteiger partial charge in [0.25, 0.3) is 0 Å². The summed E-state index contributed by atoms with van der Waals surface area (Å²) >= 11 is 0. The molecule has 2 unspecified atom stereocenters. The van der Waals surface area contributed by atoms with E-state index in [1.165, 1.54) is 37.7 Å². The van der Waals surface area contributed by atoms with E-state index in [1.54, 1.807) is 0 Å². The minimum Gasteiger partial charge on any atom is -0.317 e.